The van der Waals surface area contributed by atoms with Gasteiger partial charge < -0.3 is 4.43 Å². The molecule has 0 saturated heterocycles. The first-order chi connectivity index (χ1) is 5.24. The highest BCUT2D eigenvalue weighted by Gasteiger charge is 2.17. The van der Waals surface area contributed by atoms with Crippen molar-refractivity contribution >= 4 is 8.32 Å². The lowest BCUT2D eigenvalue weighted by molar-refractivity contribution is 0.409. The summed E-state index contributed by atoms with van der Waals surface area (Å²) >= 11 is 0. The molecule has 0 aliphatic heterocycles. The first-order valence-electron chi connectivity index (χ1n) is 4.60. The Morgan fingerprint density at radius 3 is 1.75 bits per heavy atom. The van der Waals surface area contributed by atoms with Gasteiger partial charge in [0.05, 0.1) is 5.76 Å². The van der Waals surface area contributed by atoms with Crippen molar-refractivity contribution in [1.29, 1.82) is 0 Å². The van der Waals surface area contributed by atoms with Crippen molar-refractivity contribution in [1.82, 2.24) is 0 Å². The average Bonchev–Trinajstić information content (AvgIpc) is 1.82. The van der Waals surface area contributed by atoms with Crippen molar-refractivity contribution in [3.8, 4) is 0 Å². The van der Waals surface area contributed by atoms with Crippen LogP contribution in [0, 0.1) is 5.92 Å². The van der Waals surface area contributed by atoms with Gasteiger partial charge in [-0.2, -0.15) is 0 Å². The third-order valence-corrected chi connectivity index (χ3v) is 2.80. The molecule has 1 nitrogen and oxygen atoms in total. The molecular formula is C10H22OSi. The molecule has 0 N–H and O–H groups in total. The molecule has 0 heterocycles. The fraction of sp³-hybridized carbons (Fsp3) is 0.800. The summed E-state index contributed by atoms with van der Waals surface area (Å²) in [6, 6.07) is 0. The molecule has 0 rings (SSSR count). The second-order valence-electron chi connectivity index (χ2n) is 4.61. The van der Waals surface area contributed by atoms with Gasteiger partial charge in [-0.3, -0.25) is 0 Å². The molecule has 0 aliphatic carbocycles. The van der Waals surface area contributed by atoms with E-state index in [9.17, 15) is 0 Å². The Morgan fingerprint density at radius 2 is 1.50 bits per heavy atom. The Kier molecular flexibility index (Phi) is 4.04. The predicted octanol–water partition coefficient (Wildman–Crippen LogP) is 3.79. The molecule has 0 aromatic rings. The molecular weight excluding hydrogens is 164 g/mol. The highest BCUT2D eigenvalue weighted by atomic mass is 28.4. The SMILES string of the molecule is C/C(O[Si](C)(C)C)=C(/C)C(C)C. The highest BCUT2D eigenvalue weighted by Crippen LogP contribution is 2.18. The zero-order valence-electron chi connectivity index (χ0n) is 9.49. The maximum atomic E-state index is 5.88. The van der Waals surface area contributed by atoms with Crippen molar-refractivity contribution in [2.75, 3.05) is 0 Å². The van der Waals surface area contributed by atoms with Crippen LogP contribution in [0.5, 0.6) is 0 Å². The van der Waals surface area contributed by atoms with Gasteiger partial charge in [0.2, 0.25) is 8.32 Å². The highest BCUT2D eigenvalue weighted by molar-refractivity contribution is 6.70. The van der Waals surface area contributed by atoms with Gasteiger partial charge in [0, 0.05) is 0 Å². The van der Waals surface area contributed by atoms with Gasteiger partial charge in [0.15, 0.2) is 0 Å². The lowest BCUT2D eigenvalue weighted by Gasteiger charge is -2.22. The summed E-state index contributed by atoms with van der Waals surface area (Å²) in [7, 11) is -1.39. The first-order valence-corrected chi connectivity index (χ1v) is 8.01. The number of rotatable bonds is 3. The minimum Gasteiger partial charge on any atom is -0.548 e. The van der Waals surface area contributed by atoms with Crippen LogP contribution >= 0.6 is 0 Å². The van der Waals surface area contributed by atoms with Crippen molar-refractivity contribution in [3.05, 3.63) is 11.3 Å². The quantitative estimate of drug-likeness (QED) is 0.481. The van der Waals surface area contributed by atoms with E-state index in [2.05, 4.69) is 47.3 Å². The second-order valence-corrected chi connectivity index (χ2v) is 9.04. The zero-order chi connectivity index (χ0) is 9.94. The summed E-state index contributed by atoms with van der Waals surface area (Å²) in [6.45, 7) is 15.3. The lowest BCUT2D eigenvalue weighted by atomic mass is 10.1. The van der Waals surface area contributed by atoms with Crippen LogP contribution in [0.15, 0.2) is 11.3 Å². The van der Waals surface area contributed by atoms with Crippen molar-refractivity contribution in [2.45, 2.75) is 47.3 Å². The minimum absolute atomic E-state index is 0.598. The largest absolute Gasteiger partial charge is 0.548 e. The van der Waals surface area contributed by atoms with Gasteiger partial charge >= 0.3 is 0 Å². The van der Waals surface area contributed by atoms with E-state index in [1.165, 1.54) is 5.57 Å². The number of hydrogen-bond donors (Lipinski definition) is 0. The Hall–Kier alpha value is -0.243. The van der Waals surface area contributed by atoms with E-state index in [0.717, 1.165) is 5.76 Å². The summed E-state index contributed by atoms with van der Waals surface area (Å²) in [5.41, 5.74) is 1.37. The molecule has 2 heteroatoms. The van der Waals surface area contributed by atoms with E-state index in [1.807, 2.05) is 0 Å². The van der Waals surface area contributed by atoms with Gasteiger partial charge in [0.25, 0.3) is 0 Å². The monoisotopic (exact) mass is 186 g/mol. The Balaban J connectivity index is 4.38. The summed E-state index contributed by atoms with van der Waals surface area (Å²) in [5, 5.41) is 0. The minimum atomic E-state index is -1.39. The standard InChI is InChI=1S/C10H22OSi/c1-8(2)9(3)10(4)11-12(5,6)7/h8H,1-7H3/b10-9+. The van der Waals surface area contributed by atoms with Crippen LogP contribution in [0.2, 0.25) is 19.6 Å². The van der Waals surface area contributed by atoms with Gasteiger partial charge in [0.1, 0.15) is 0 Å². The van der Waals surface area contributed by atoms with Crippen LogP contribution in [-0.2, 0) is 4.43 Å². The van der Waals surface area contributed by atoms with Crippen molar-refractivity contribution in [3.63, 3.8) is 0 Å². The van der Waals surface area contributed by atoms with Crippen LogP contribution in [0.1, 0.15) is 27.7 Å². The van der Waals surface area contributed by atoms with Crippen LogP contribution in [0.4, 0.5) is 0 Å². The molecule has 0 spiro atoms. The van der Waals surface area contributed by atoms with E-state index in [1.54, 1.807) is 0 Å². The summed E-state index contributed by atoms with van der Waals surface area (Å²) < 4.78 is 5.88. The fourth-order valence-electron chi connectivity index (χ4n) is 0.946. The van der Waals surface area contributed by atoms with E-state index in [-0.39, 0.29) is 0 Å². The molecule has 12 heavy (non-hydrogen) atoms. The summed E-state index contributed by atoms with van der Waals surface area (Å²) in [4.78, 5) is 0. The second kappa shape index (κ2) is 4.12. The Bertz CT molecular complexity index is 175. The molecule has 0 aromatic heterocycles. The smallest absolute Gasteiger partial charge is 0.241 e. The summed E-state index contributed by atoms with van der Waals surface area (Å²) in [6.07, 6.45) is 0. The molecule has 0 fully saturated rings. The van der Waals surface area contributed by atoms with Crippen molar-refractivity contribution in [2.24, 2.45) is 5.92 Å². The first kappa shape index (κ1) is 11.8. The zero-order valence-corrected chi connectivity index (χ0v) is 10.5. The van der Waals surface area contributed by atoms with Crippen molar-refractivity contribution < 1.29 is 4.43 Å². The molecule has 0 aliphatic rings. The van der Waals surface area contributed by atoms with Crippen LogP contribution in [0.3, 0.4) is 0 Å². The maximum absolute atomic E-state index is 5.88. The van der Waals surface area contributed by atoms with Gasteiger partial charge in [-0.25, -0.2) is 0 Å². The van der Waals surface area contributed by atoms with Crippen LogP contribution in [0.25, 0.3) is 0 Å². The van der Waals surface area contributed by atoms with Crippen LogP contribution in [-0.4, -0.2) is 8.32 Å². The number of allylic oxidation sites excluding steroid dienone is 2. The molecule has 0 atom stereocenters. The predicted molar refractivity (Wildman–Crippen MR) is 57.6 cm³/mol. The summed E-state index contributed by atoms with van der Waals surface area (Å²) in [5.74, 6) is 1.73. The van der Waals surface area contributed by atoms with Gasteiger partial charge in [-0.1, -0.05) is 13.8 Å². The average molecular weight is 186 g/mol. The van der Waals surface area contributed by atoms with E-state index < -0.39 is 8.32 Å². The molecule has 0 radical (unpaired) electrons. The third kappa shape index (κ3) is 4.60. The number of hydrogen-bond acceptors (Lipinski definition) is 1. The molecule has 0 saturated carbocycles. The third-order valence-electron chi connectivity index (χ3n) is 1.88. The van der Waals surface area contributed by atoms with E-state index >= 15 is 0 Å². The van der Waals surface area contributed by atoms with Crippen LogP contribution < -0.4 is 0 Å². The topological polar surface area (TPSA) is 9.23 Å². The maximum Gasteiger partial charge on any atom is 0.241 e. The van der Waals surface area contributed by atoms with E-state index in [4.69, 9.17) is 4.43 Å². The molecule has 0 unspecified atom stereocenters. The molecule has 0 bridgehead atoms. The lowest BCUT2D eigenvalue weighted by Crippen LogP contribution is -2.24. The molecule has 0 aromatic carbocycles. The fourth-order valence-corrected chi connectivity index (χ4v) is 2.03. The molecule has 72 valence electrons. The Morgan fingerprint density at radius 1 is 1.08 bits per heavy atom. The van der Waals surface area contributed by atoms with Gasteiger partial charge in [-0.05, 0) is 45.0 Å². The molecule has 0 amide bonds. The normalized spacial score (nSPS) is 14.7. The van der Waals surface area contributed by atoms with Gasteiger partial charge in [-0.15, -0.1) is 0 Å². The Labute approximate surface area is 78.0 Å². The van der Waals surface area contributed by atoms with E-state index in [0.29, 0.717) is 5.92 Å².